The van der Waals surface area contributed by atoms with Crippen LogP contribution < -0.4 is 9.64 Å². The van der Waals surface area contributed by atoms with Crippen molar-refractivity contribution in [1.29, 1.82) is 0 Å². The Bertz CT molecular complexity index is 900. The van der Waals surface area contributed by atoms with Crippen LogP contribution in [0.5, 0.6) is 5.75 Å². The molecular weight excluding hydrogens is 356 g/mol. The zero-order chi connectivity index (χ0) is 18.3. The van der Waals surface area contributed by atoms with Crippen molar-refractivity contribution in [2.24, 2.45) is 10.3 Å². The van der Waals surface area contributed by atoms with Gasteiger partial charge in [-0.05, 0) is 42.0 Å². The lowest BCUT2D eigenvalue weighted by atomic mass is 10.1. The maximum Gasteiger partial charge on any atom is 0.263 e. The second kappa shape index (κ2) is 6.42. The molecule has 0 N–H and O–H groups in total. The number of anilines is 1. The number of methoxy groups -OCH3 is 1. The molecule has 0 radical (unpaired) electrons. The quantitative estimate of drug-likeness (QED) is 0.775. The van der Waals surface area contributed by atoms with Gasteiger partial charge < -0.3 is 4.74 Å². The van der Waals surface area contributed by atoms with Gasteiger partial charge >= 0.3 is 0 Å². The van der Waals surface area contributed by atoms with Crippen molar-refractivity contribution in [2.45, 2.75) is 18.6 Å². The van der Waals surface area contributed by atoms with Crippen molar-refractivity contribution in [1.82, 2.24) is 5.01 Å². The Balaban J connectivity index is 1.58. The van der Waals surface area contributed by atoms with Crippen molar-refractivity contribution >= 4 is 29.1 Å². The van der Waals surface area contributed by atoms with Crippen LogP contribution in [0, 0.1) is 0 Å². The van der Waals surface area contributed by atoms with E-state index >= 15 is 0 Å². The molecule has 4 rings (SSSR count). The fourth-order valence-corrected chi connectivity index (χ4v) is 3.37. The molecule has 7 nitrogen and oxygen atoms in total. The third-order valence-corrected chi connectivity index (χ3v) is 4.66. The zero-order valence-corrected chi connectivity index (χ0v) is 14.6. The van der Waals surface area contributed by atoms with Crippen molar-refractivity contribution in [3.05, 3.63) is 59.1 Å². The molecule has 1 fully saturated rings. The first-order valence-electron chi connectivity index (χ1n) is 8.02. The number of imide groups is 1. The molecule has 8 heteroatoms. The van der Waals surface area contributed by atoms with E-state index in [4.69, 9.17) is 16.3 Å². The van der Waals surface area contributed by atoms with E-state index in [-0.39, 0.29) is 11.8 Å². The fourth-order valence-electron chi connectivity index (χ4n) is 3.16. The largest absolute Gasteiger partial charge is 0.497 e. The molecule has 2 aromatic carbocycles. The minimum atomic E-state index is -0.816. The highest BCUT2D eigenvalue weighted by atomic mass is 35.5. The van der Waals surface area contributed by atoms with Gasteiger partial charge in [-0.3, -0.25) is 14.6 Å². The smallest absolute Gasteiger partial charge is 0.263 e. The lowest BCUT2D eigenvalue weighted by molar-refractivity contribution is -0.123. The minimum Gasteiger partial charge on any atom is -0.497 e. The van der Waals surface area contributed by atoms with Crippen LogP contribution in [-0.4, -0.2) is 36.0 Å². The molecule has 0 aromatic heterocycles. The number of fused-ring (bicyclic) bond motifs is 1. The first-order chi connectivity index (χ1) is 12.6. The number of hydrogen-bond donors (Lipinski definition) is 0. The summed E-state index contributed by atoms with van der Waals surface area (Å²) in [5, 5.41) is 10.2. The lowest BCUT2D eigenvalue weighted by Crippen LogP contribution is -2.39. The Labute approximate surface area is 154 Å². The standard InChI is InChI=1S/C18H15ClN4O3/c1-26-14-7-5-13(6-8-14)23-17(24)15-16(18(23)25)22(21-20-15)10-11-3-2-4-12(19)9-11/h2-9,15-16H,10H2,1H3/t15-,16-/m1/s1. The van der Waals surface area contributed by atoms with Crippen LogP contribution in [-0.2, 0) is 16.1 Å². The summed E-state index contributed by atoms with van der Waals surface area (Å²) in [6, 6.07) is 12.5. The van der Waals surface area contributed by atoms with E-state index in [2.05, 4.69) is 10.3 Å². The van der Waals surface area contributed by atoms with Gasteiger partial charge in [-0.25, -0.2) is 4.90 Å². The second-order valence-electron chi connectivity index (χ2n) is 6.03. The maximum atomic E-state index is 12.9. The van der Waals surface area contributed by atoms with Gasteiger partial charge in [0.05, 0.1) is 19.3 Å². The number of ether oxygens (including phenoxy) is 1. The molecule has 0 spiro atoms. The number of hydrogen-bond acceptors (Lipinski definition) is 6. The summed E-state index contributed by atoms with van der Waals surface area (Å²) in [6.07, 6.45) is 0. The Morgan fingerprint density at radius 2 is 1.88 bits per heavy atom. The Morgan fingerprint density at radius 3 is 2.58 bits per heavy atom. The highest BCUT2D eigenvalue weighted by molar-refractivity contribution is 6.30. The summed E-state index contributed by atoms with van der Waals surface area (Å²) >= 11 is 6.01. The van der Waals surface area contributed by atoms with Gasteiger partial charge in [0, 0.05) is 5.02 Å². The molecule has 1 saturated heterocycles. The summed E-state index contributed by atoms with van der Waals surface area (Å²) in [6.45, 7) is 0.348. The SMILES string of the molecule is COc1ccc(N2C(=O)[C@@H]3N=NN(Cc4cccc(Cl)c4)[C@H]3C2=O)cc1. The molecule has 2 atom stereocenters. The molecular formula is C18H15ClN4O3. The first kappa shape index (κ1) is 16.5. The van der Waals surface area contributed by atoms with E-state index in [1.165, 1.54) is 0 Å². The Hall–Kier alpha value is -2.93. The van der Waals surface area contributed by atoms with Crippen LogP contribution in [0.4, 0.5) is 5.69 Å². The number of halogens is 1. The third kappa shape index (κ3) is 2.70. The molecule has 2 heterocycles. The average Bonchev–Trinajstić information content (AvgIpc) is 3.16. The predicted molar refractivity (Wildman–Crippen MR) is 94.9 cm³/mol. The molecule has 0 unspecified atom stereocenters. The Kier molecular flexibility index (Phi) is 4.08. The molecule has 132 valence electrons. The van der Waals surface area contributed by atoms with Crippen LogP contribution in [0.25, 0.3) is 0 Å². The zero-order valence-electron chi connectivity index (χ0n) is 13.9. The monoisotopic (exact) mass is 370 g/mol. The van der Waals surface area contributed by atoms with Gasteiger partial charge in [0.25, 0.3) is 11.8 Å². The van der Waals surface area contributed by atoms with Crippen LogP contribution in [0.3, 0.4) is 0 Å². The van der Waals surface area contributed by atoms with E-state index in [0.29, 0.717) is 23.0 Å². The van der Waals surface area contributed by atoms with Crippen LogP contribution in [0.15, 0.2) is 58.9 Å². The summed E-state index contributed by atoms with van der Waals surface area (Å²) in [7, 11) is 1.56. The van der Waals surface area contributed by atoms with E-state index in [9.17, 15) is 9.59 Å². The van der Waals surface area contributed by atoms with Gasteiger partial charge in [0.15, 0.2) is 12.1 Å². The summed E-state index contributed by atoms with van der Waals surface area (Å²) in [5.74, 6) is -0.0602. The number of benzene rings is 2. The lowest BCUT2D eigenvalue weighted by Gasteiger charge is -2.20. The van der Waals surface area contributed by atoms with Crippen molar-refractivity contribution < 1.29 is 14.3 Å². The first-order valence-corrected chi connectivity index (χ1v) is 8.40. The van der Waals surface area contributed by atoms with Gasteiger partial charge in [0.2, 0.25) is 0 Å². The van der Waals surface area contributed by atoms with E-state index in [0.717, 1.165) is 10.5 Å². The van der Waals surface area contributed by atoms with Crippen LogP contribution in [0.1, 0.15) is 5.56 Å². The molecule has 2 aromatic rings. The minimum absolute atomic E-state index is 0.336. The van der Waals surface area contributed by atoms with E-state index in [1.807, 2.05) is 12.1 Å². The van der Waals surface area contributed by atoms with Gasteiger partial charge in [-0.1, -0.05) is 29.0 Å². The van der Waals surface area contributed by atoms with E-state index < -0.39 is 12.1 Å². The van der Waals surface area contributed by atoms with Gasteiger partial charge in [-0.2, -0.15) is 5.11 Å². The van der Waals surface area contributed by atoms with Gasteiger partial charge in [-0.15, -0.1) is 0 Å². The Morgan fingerprint density at radius 1 is 1.12 bits per heavy atom. The maximum absolute atomic E-state index is 12.9. The predicted octanol–water partition coefficient (Wildman–Crippen LogP) is 2.84. The molecule has 0 saturated carbocycles. The highest BCUT2D eigenvalue weighted by Crippen LogP contribution is 2.33. The summed E-state index contributed by atoms with van der Waals surface area (Å²) in [4.78, 5) is 26.7. The molecule has 26 heavy (non-hydrogen) atoms. The number of nitrogens with zero attached hydrogens (tertiary/aromatic N) is 4. The normalized spacial score (nSPS) is 21.5. The van der Waals surface area contributed by atoms with Crippen LogP contribution >= 0.6 is 11.6 Å². The second-order valence-corrected chi connectivity index (χ2v) is 6.47. The number of carbonyl (C=O) groups excluding carboxylic acids is 2. The number of amides is 2. The molecule has 0 bridgehead atoms. The van der Waals surface area contributed by atoms with Crippen molar-refractivity contribution in [3.63, 3.8) is 0 Å². The van der Waals surface area contributed by atoms with E-state index in [1.54, 1.807) is 48.5 Å². The number of rotatable bonds is 4. The van der Waals surface area contributed by atoms with Crippen molar-refractivity contribution in [2.75, 3.05) is 12.0 Å². The summed E-state index contributed by atoms with van der Waals surface area (Å²) < 4.78 is 5.11. The van der Waals surface area contributed by atoms with Gasteiger partial charge in [0.1, 0.15) is 5.75 Å². The summed E-state index contributed by atoms with van der Waals surface area (Å²) in [5.41, 5.74) is 1.38. The molecule has 2 aliphatic heterocycles. The molecule has 0 aliphatic carbocycles. The van der Waals surface area contributed by atoms with Crippen molar-refractivity contribution in [3.8, 4) is 5.75 Å². The molecule has 2 aliphatic rings. The molecule has 2 amide bonds. The third-order valence-electron chi connectivity index (χ3n) is 4.42. The number of carbonyl (C=O) groups is 2. The van der Waals surface area contributed by atoms with Crippen LogP contribution in [0.2, 0.25) is 5.02 Å². The topological polar surface area (TPSA) is 74.6 Å². The average molecular weight is 371 g/mol. The fraction of sp³-hybridized carbons (Fsp3) is 0.222. The highest BCUT2D eigenvalue weighted by Gasteiger charge is 2.54.